The Balaban J connectivity index is 0.000000304. The van der Waals surface area contributed by atoms with E-state index in [1.165, 1.54) is 24.2 Å². The van der Waals surface area contributed by atoms with E-state index in [4.69, 9.17) is 4.74 Å². The van der Waals surface area contributed by atoms with Crippen LogP contribution in [0.1, 0.15) is 43.3 Å². The second-order valence-corrected chi connectivity index (χ2v) is 7.41. The van der Waals surface area contributed by atoms with E-state index in [2.05, 4.69) is 27.5 Å². The van der Waals surface area contributed by atoms with E-state index in [0.29, 0.717) is 19.5 Å². The number of nitrogens with zero attached hydrogens (tertiary/aromatic N) is 2. The minimum atomic E-state index is -0.538. The first-order valence-corrected chi connectivity index (χ1v) is 10.9. The number of unbranched alkanes of at least 4 members (excludes halogenated alkanes) is 3. The van der Waals surface area contributed by atoms with Gasteiger partial charge in [0.1, 0.15) is 18.3 Å². The number of rotatable bonds is 13. The summed E-state index contributed by atoms with van der Waals surface area (Å²) in [7, 11) is 0. The molecule has 0 bridgehead atoms. The molecule has 0 saturated heterocycles. The Morgan fingerprint density at radius 3 is 2.80 bits per heavy atom. The van der Waals surface area contributed by atoms with Crippen molar-refractivity contribution in [3.63, 3.8) is 0 Å². The molecule has 30 heavy (non-hydrogen) atoms. The Bertz CT molecular complexity index is 725. The van der Waals surface area contributed by atoms with Crippen LogP contribution in [-0.2, 0) is 20.9 Å². The maximum atomic E-state index is 11.6. The van der Waals surface area contributed by atoms with Crippen LogP contribution in [0.4, 0.5) is 4.39 Å². The molecule has 0 saturated carbocycles. The Morgan fingerprint density at radius 2 is 2.13 bits per heavy atom. The smallest absolute Gasteiger partial charge is 0.245 e. The van der Waals surface area contributed by atoms with Gasteiger partial charge >= 0.3 is 0 Å². The van der Waals surface area contributed by atoms with Gasteiger partial charge in [-0.3, -0.25) is 14.6 Å². The molecule has 0 atom stereocenters. The topological polar surface area (TPSA) is 93.2 Å². The quantitative estimate of drug-likeness (QED) is 0.369. The zero-order valence-electron chi connectivity index (χ0n) is 17.7. The Morgan fingerprint density at radius 1 is 1.30 bits per heavy atom. The van der Waals surface area contributed by atoms with Crippen LogP contribution in [-0.4, -0.2) is 48.7 Å². The lowest BCUT2D eigenvalue weighted by Gasteiger charge is -2.04. The number of aromatic nitrogens is 2. The maximum Gasteiger partial charge on any atom is 0.245 e. The van der Waals surface area contributed by atoms with E-state index < -0.39 is 6.67 Å². The van der Waals surface area contributed by atoms with Gasteiger partial charge in [-0.05, 0) is 25.5 Å². The number of halogens is 1. The van der Waals surface area contributed by atoms with Crippen LogP contribution < -0.4 is 10.6 Å². The van der Waals surface area contributed by atoms with Crippen molar-refractivity contribution in [3.05, 3.63) is 34.4 Å². The molecule has 0 aromatic carbocycles. The number of alkyl halides is 1. The van der Waals surface area contributed by atoms with Crippen LogP contribution in [0.3, 0.4) is 0 Å². The van der Waals surface area contributed by atoms with Gasteiger partial charge in [-0.2, -0.15) is 0 Å². The molecule has 2 heterocycles. The molecule has 0 aliphatic heterocycles. The van der Waals surface area contributed by atoms with Gasteiger partial charge in [0.05, 0.1) is 18.8 Å². The average molecular weight is 439 g/mol. The number of carbonyl (C=O) groups excluding carboxylic acids is 2. The fourth-order valence-corrected chi connectivity index (χ4v) is 3.08. The first kappa shape index (κ1) is 25.6. The van der Waals surface area contributed by atoms with Crippen LogP contribution in [0.2, 0.25) is 0 Å². The number of amides is 2. The fourth-order valence-electron chi connectivity index (χ4n) is 2.32. The van der Waals surface area contributed by atoms with Crippen LogP contribution in [0.25, 0.3) is 11.3 Å². The van der Waals surface area contributed by atoms with Crippen LogP contribution in [0, 0.1) is 6.92 Å². The predicted octanol–water partition coefficient (Wildman–Crippen LogP) is 3.43. The summed E-state index contributed by atoms with van der Waals surface area (Å²) in [4.78, 5) is 29.8. The van der Waals surface area contributed by atoms with Gasteiger partial charge in [0, 0.05) is 29.4 Å². The molecule has 2 rings (SSSR count). The van der Waals surface area contributed by atoms with Gasteiger partial charge in [-0.1, -0.05) is 26.2 Å². The number of pyridine rings is 1. The van der Waals surface area contributed by atoms with Gasteiger partial charge in [0.2, 0.25) is 12.3 Å². The molecule has 9 heteroatoms. The highest BCUT2D eigenvalue weighted by atomic mass is 32.1. The molecule has 0 radical (unpaired) electrons. The third-order valence-corrected chi connectivity index (χ3v) is 4.75. The van der Waals surface area contributed by atoms with Crippen molar-refractivity contribution in [1.29, 1.82) is 0 Å². The Kier molecular flexibility index (Phi) is 14.0. The van der Waals surface area contributed by atoms with Gasteiger partial charge in [-0.15, -0.1) is 11.3 Å². The van der Waals surface area contributed by atoms with E-state index in [9.17, 15) is 14.0 Å². The summed E-state index contributed by atoms with van der Waals surface area (Å²) in [6.45, 7) is 4.70. The Hall–Kier alpha value is -2.39. The molecule has 0 spiro atoms. The second-order valence-electron chi connectivity index (χ2n) is 6.47. The maximum absolute atomic E-state index is 11.6. The first-order chi connectivity index (χ1) is 14.6. The Labute approximate surface area is 181 Å². The summed E-state index contributed by atoms with van der Waals surface area (Å²) in [5, 5.41) is 8.16. The van der Waals surface area contributed by atoms with Gasteiger partial charge in [-0.25, -0.2) is 9.37 Å². The minimum Gasteiger partial charge on any atom is -0.369 e. The molecule has 2 amide bonds. The highest BCUT2D eigenvalue weighted by Gasteiger charge is 2.04. The molecule has 7 nitrogen and oxygen atoms in total. The van der Waals surface area contributed by atoms with Crippen molar-refractivity contribution >= 4 is 23.7 Å². The number of aryl methyl sites for hydroxylation is 1. The third kappa shape index (κ3) is 11.6. The summed E-state index contributed by atoms with van der Waals surface area (Å²) in [5.74, 6) is -0.157. The number of nitrogens with one attached hydrogen (secondary N) is 2. The van der Waals surface area contributed by atoms with Gasteiger partial charge in [0.25, 0.3) is 0 Å². The van der Waals surface area contributed by atoms with Crippen molar-refractivity contribution in [2.45, 2.75) is 46.1 Å². The number of carbonyl (C=O) groups is 2. The summed E-state index contributed by atoms with van der Waals surface area (Å²) in [6.07, 6.45) is 7.02. The monoisotopic (exact) mass is 438 g/mol. The van der Waals surface area contributed by atoms with Crippen LogP contribution in [0.5, 0.6) is 0 Å². The summed E-state index contributed by atoms with van der Waals surface area (Å²) < 4.78 is 16.3. The molecular weight excluding hydrogens is 407 g/mol. The molecule has 0 fully saturated rings. The highest BCUT2D eigenvalue weighted by molar-refractivity contribution is 7.09. The normalized spacial score (nSPS) is 10.1. The molecule has 166 valence electrons. The van der Waals surface area contributed by atoms with E-state index in [1.807, 2.05) is 24.4 Å². The summed E-state index contributed by atoms with van der Waals surface area (Å²) in [5.41, 5.74) is 2.89. The lowest BCUT2D eigenvalue weighted by atomic mass is 10.2. The third-order valence-electron chi connectivity index (χ3n) is 3.90. The second kappa shape index (κ2) is 16.4. The van der Waals surface area contributed by atoms with Crippen molar-refractivity contribution < 1.29 is 18.7 Å². The fraction of sp³-hybridized carbons (Fsp3) is 0.524. The number of hydrogen-bond donors (Lipinski definition) is 2. The highest BCUT2D eigenvalue weighted by Crippen LogP contribution is 2.21. The molecule has 0 unspecified atom stereocenters. The van der Waals surface area contributed by atoms with E-state index in [1.54, 1.807) is 6.20 Å². The molecule has 0 aliphatic carbocycles. The number of hydrogen-bond acceptors (Lipinski definition) is 6. The molecule has 0 aliphatic rings. The number of ether oxygens (including phenoxy) is 1. The van der Waals surface area contributed by atoms with Crippen molar-refractivity contribution in [2.24, 2.45) is 0 Å². The van der Waals surface area contributed by atoms with Crippen molar-refractivity contribution in [2.75, 3.05) is 26.4 Å². The summed E-state index contributed by atoms with van der Waals surface area (Å²) >= 11 is 1.53. The zero-order valence-corrected chi connectivity index (χ0v) is 18.5. The lowest BCUT2D eigenvalue weighted by molar-refractivity contribution is -0.125. The van der Waals surface area contributed by atoms with Crippen molar-refractivity contribution in [3.8, 4) is 11.3 Å². The lowest BCUT2D eigenvalue weighted by Crippen LogP contribution is -2.28. The van der Waals surface area contributed by atoms with E-state index in [0.717, 1.165) is 34.8 Å². The largest absolute Gasteiger partial charge is 0.369 e. The van der Waals surface area contributed by atoms with Crippen LogP contribution >= 0.6 is 11.3 Å². The average Bonchev–Trinajstić information content (AvgIpc) is 3.22. The van der Waals surface area contributed by atoms with E-state index >= 15 is 0 Å². The molecule has 2 aromatic rings. The molecule has 2 aromatic heterocycles. The zero-order chi connectivity index (χ0) is 22.0. The minimum absolute atomic E-state index is 0.00323. The predicted molar refractivity (Wildman–Crippen MR) is 117 cm³/mol. The SMILES string of the molecule is CCCCCCNC(=O)COCCF.Cc1ccc(-c2csc(CNC=O)n2)cn1. The molecular formula is C21H31FN4O3S. The van der Waals surface area contributed by atoms with Gasteiger partial charge < -0.3 is 15.4 Å². The first-order valence-electron chi connectivity index (χ1n) is 10.1. The number of thiazole rings is 1. The van der Waals surface area contributed by atoms with Crippen molar-refractivity contribution in [1.82, 2.24) is 20.6 Å². The van der Waals surface area contributed by atoms with Crippen LogP contribution in [0.15, 0.2) is 23.7 Å². The standard InChI is InChI=1S/C11H11N3OS.C10H20FNO2/c1-8-2-3-9(4-13-8)10-6-16-11(14-10)5-12-7-15;1-2-3-4-5-7-12-10(13)9-14-8-6-11/h2-4,6-7H,5H2,1H3,(H,12,15);2-9H2,1H3,(H,12,13). The van der Waals surface area contributed by atoms with E-state index in [-0.39, 0.29) is 19.1 Å². The molecule has 2 N–H and O–H groups in total. The van der Waals surface area contributed by atoms with Gasteiger partial charge in [0.15, 0.2) is 0 Å². The summed E-state index contributed by atoms with van der Waals surface area (Å²) in [6, 6.07) is 3.95.